The number of anilines is 2. The first-order chi connectivity index (χ1) is 11.0. The molecule has 6 heteroatoms. The second kappa shape index (κ2) is 8.22. The number of nitrogens with one attached hydrogen (secondary N) is 2. The van der Waals surface area contributed by atoms with Gasteiger partial charge >= 0.3 is 0 Å². The van der Waals surface area contributed by atoms with Gasteiger partial charge in [0.25, 0.3) is 0 Å². The van der Waals surface area contributed by atoms with Crippen LogP contribution in [-0.2, 0) is 11.2 Å². The molecular formula is C17H21FN4O. The van der Waals surface area contributed by atoms with E-state index in [0.717, 1.165) is 13.0 Å². The molecular weight excluding hydrogens is 295 g/mol. The van der Waals surface area contributed by atoms with Crippen molar-refractivity contribution in [2.75, 3.05) is 17.2 Å². The fourth-order valence-electron chi connectivity index (χ4n) is 2.00. The molecule has 0 radical (unpaired) electrons. The lowest BCUT2D eigenvalue weighted by atomic mass is 10.1. The third-order valence-electron chi connectivity index (χ3n) is 3.21. The fraction of sp³-hybridized carbons (Fsp3) is 0.353. The molecule has 0 saturated carbocycles. The van der Waals surface area contributed by atoms with Gasteiger partial charge in [-0.15, -0.1) is 10.2 Å². The smallest absolute Gasteiger partial charge is 0.229 e. The zero-order valence-electron chi connectivity index (χ0n) is 13.3. The fourth-order valence-corrected chi connectivity index (χ4v) is 2.00. The van der Waals surface area contributed by atoms with E-state index in [1.165, 1.54) is 12.1 Å². The molecule has 1 aromatic carbocycles. The van der Waals surface area contributed by atoms with Gasteiger partial charge in [-0.05, 0) is 42.2 Å². The van der Waals surface area contributed by atoms with E-state index >= 15 is 0 Å². The van der Waals surface area contributed by atoms with Crippen LogP contribution in [0.3, 0.4) is 0 Å². The molecule has 0 fully saturated rings. The molecule has 2 rings (SSSR count). The highest BCUT2D eigenvalue weighted by molar-refractivity contribution is 5.91. The maximum atomic E-state index is 13.1. The molecule has 0 aliphatic rings. The zero-order chi connectivity index (χ0) is 16.7. The molecule has 1 aromatic heterocycles. The largest absolute Gasteiger partial charge is 0.369 e. The van der Waals surface area contributed by atoms with Crippen LogP contribution in [0, 0.1) is 11.7 Å². The zero-order valence-corrected chi connectivity index (χ0v) is 13.3. The Kier molecular flexibility index (Phi) is 6.02. The van der Waals surface area contributed by atoms with Gasteiger partial charge < -0.3 is 10.6 Å². The van der Waals surface area contributed by atoms with Gasteiger partial charge in [0.15, 0.2) is 5.82 Å². The van der Waals surface area contributed by atoms with Crippen molar-refractivity contribution >= 4 is 17.5 Å². The van der Waals surface area contributed by atoms with E-state index in [1.807, 2.05) is 0 Å². The average Bonchev–Trinajstić information content (AvgIpc) is 2.48. The van der Waals surface area contributed by atoms with Crippen LogP contribution in [0.5, 0.6) is 0 Å². The van der Waals surface area contributed by atoms with Crippen molar-refractivity contribution in [2.24, 2.45) is 5.92 Å². The van der Waals surface area contributed by atoms with E-state index in [0.29, 0.717) is 23.1 Å². The van der Waals surface area contributed by atoms with Gasteiger partial charge in [-0.3, -0.25) is 4.79 Å². The molecule has 0 aliphatic carbocycles. The lowest BCUT2D eigenvalue weighted by molar-refractivity contribution is -0.115. The van der Waals surface area contributed by atoms with E-state index in [9.17, 15) is 9.18 Å². The minimum atomic E-state index is -0.355. The summed E-state index contributed by atoms with van der Waals surface area (Å²) in [5.41, 5.74) is 0.613. The molecule has 1 amide bonds. The van der Waals surface area contributed by atoms with Crippen LogP contribution in [-0.4, -0.2) is 22.6 Å². The summed E-state index contributed by atoms with van der Waals surface area (Å²) in [7, 11) is 0. The third-order valence-corrected chi connectivity index (χ3v) is 3.21. The van der Waals surface area contributed by atoms with Crippen molar-refractivity contribution in [3.63, 3.8) is 0 Å². The number of carbonyl (C=O) groups excluding carboxylic acids is 1. The van der Waals surface area contributed by atoms with Crippen LogP contribution in [0.25, 0.3) is 0 Å². The van der Waals surface area contributed by atoms with E-state index in [1.54, 1.807) is 24.3 Å². The molecule has 0 atom stereocenters. The molecule has 0 saturated heterocycles. The molecule has 2 aromatic rings. The maximum absolute atomic E-state index is 13.1. The monoisotopic (exact) mass is 316 g/mol. The van der Waals surface area contributed by atoms with Gasteiger partial charge in [-0.1, -0.05) is 26.0 Å². The Morgan fingerprint density at radius 2 is 1.91 bits per heavy atom. The topological polar surface area (TPSA) is 66.9 Å². The lowest BCUT2D eigenvalue weighted by Gasteiger charge is -2.08. The predicted molar refractivity (Wildman–Crippen MR) is 88.7 cm³/mol. The molecule has 0 unspecified atom stereocenters. The minimum absolute atomic E-state index is 0.0911. The molecule has 122 valence electrons. The summed E-state index contributed by atoms with van der Waals surface area (Å²) in [5.74, 6) is 1.06. The quantitative estimate of drug-likeness (QED) is 0.823. The number of hydrogen-bond acceptors (Lipinski definition) is 4. The van der Waals surface area contributed by atoms with Crippen molar-refractivity contribution in [1.29, 1.82) is 0 Å². The van der Waals surface area contributed by atoms with Crippen molar-refractivity contribution in [2.45, 2.75) is 26.7 Å². The van der Waals surface area contributed by atoms with Gasteiger partial charge in [-0.25, -0.2) is 4.39 Å². The highest BCUT2D eigenvalue weighted by atomic mass is 19.1. The Bertz CT molecular complexity index is 643. The number of halogens is 1. The second-order valence-corrected chi connectivity index (χ2v) is 5.77. The summed E-state index contributed by atoms with van der Waals surface area (Å²) in [4.78, 5) is 11.9. The van der Waals surface area contributed by atoms with E-state index in [-0.39, 0.29) is 18.1 Å². The first-order valence-electron chi connectivity index (χ1n) is 7.65. The van der Waals surface area contributed by atoms with Crippen LogP contribution in [0.1, 0.15) is 25.8 Å². The van der Waals surface area contributed by atoms with Crippen molar-refractivity contribution in [3.05, 3.63) is 47.8 Å². The van der Waals surface area contributed by atoms with Crippen LogP contribution in [0.15, 0.2) is 36.4 Å². The molecule has 1 heterocycles. The van der Waals surface area contributed by atoms with Crippen molar-refractivity contribution in [3.8, 4) is 0 Å². The highest BCUT2D eigenvalue weighted by Gasteiger charge is 2.06. The predicted octanol–water partition coefficient (Wildman–Crippen LogP) is 3.25. The Balaban J connectivity index is 1.84. The highest BCUT2D eigenvalue weighted by Crippen LogP contribution is 2.09. The number of nitrogens with zero attached hydrogens (tertiary/aromatic N) is 2. The van der Waals surface area contributed by atoms with Gasteiger partial charge in [0.2, 0.25) is 5.91 Å². The number of benzene rings is 1. The molecule has 2 N–H and O–H groups in total. The molecule has 23 heavy (non-hydrogen) atoms. The van der Waals surface area contributed by atoms with E-state index in [4.69, 9.17) is 0 Å². The van der Waals surface area contributed by atoms with Crippen molar-refractivity contribution in [1.82, 2.24) is 10.2 Å². The van der Waals surface area contributed by atoms with Crippen LogP contribution in [0.4, 0.5) is 16.0 Å². The lowest BCUT2D eigenvalue weighted by Crippen LogP contribution is -2.16. The Morgan fingerprint density at radius 3 is 2.57 bits per heavy atom. The Morgan fingerprint density at radius 1 is 1.17 bits per heavy atom. The summed E-state index contributed by atoms with van der Waals surface area (Å²) >= 11 is 0. The SMILES string of the molecule is CC(C)CCNc1ccc(NC(=O)Cc2cccc(F)c2)nn1. The summed E-state index contributed by atoms with van der Waals surface area (Å²) in [6.07, 6.45) is 1.14. The number of aromatic nitrogens is 2. The molecule has 0 aliphatic heterocycles. The molecule has 5 nitrogen and oxygen atoms in total. The first kappa shape index (κ1) is 16.9. The summed E-state index contributed by atoms with van der Waals surface area (Å²) < 4.78 is 13.1. The summed E-state index contributed by atoms with van der Waals surface area (Å²) in [6.45, 7) is 5.15. The van der Waals surface area contributed by atoms with Gasteiger partial charge in [0, 0.05) is 6.54 Å². The first-order valence-corrected chi connectivity index (χ1v) is 7.65. The number of carbonyl (C=O) groups is 1. The Hall–Kier alpha value is -2.50. The number of rotatable bonds is 7. The van der Waals surface area contributed by atoms with Gasteiger partial charge in [0.05, 0.1) is 6.42 Å². The minimum Gasteiger partial charge on any atom is -0.369 e. The third kappa shape index (κ3) is 6.02. The second-order valence-electron chi connectivity index (χ2n) is 5.77. The Labute approximate surface area is 135 Å². The average molecular weight is 316 g/mol. The summed E-state index contributed by atoms with van der Waals surface area (Å²) in [5, 5.41) is 13.8. The standard InChI is InChI=1S/C17H21FN4O/c1-12(2)8-9-19-15-6-7-16(22-21-15)20-17(23)11-13-4-3-5-14(18)10-13/h3-7,10,12H,8-9,11H2,1-2H3,(H,19,21)(H,20,22,23). The van der Waals surface area contributed by atoms with Gasteiger partial charge in [0.1, 0.15) is 11.6 Å². The van der Waals surface area contributed by atoms with Crippen LogP contribution < -0.4 is 10.6 Å². The van der Waals surface area contributed by atoms with Crippen molar-refractivity contribution < 1.29 is 9.18 Å². The van der Waals surface area contributed by atoms with Gasteiger partial charge in [-0.2, -0.15) is 0 Å². The molecule has 0 spiro atoms. The van der Waals surface area contributed by atoms with Crippen LogP contribution in [0.2, 0.25) is 0 Å². The number of hydrogen-bond donors (Lipinski definition) is 2. The number of amides is 1. The maximum Gasteiger partial charge on any atom is 0.229 e. The molecule has 0 bridgehead atoms. The summed E-state index contributed by atoms with van der Waals surface area (Å²) in [6, 6.07) is 9.43. The normalized spacial score (nSPS) is 10.6. The van der Waals surface area contributed by atoms with E-state index in [2.05, 4.69) is 34.7 Å². The van der Waals surface area contributed by atoms with E-state index < -0.39 is 0 Å². The van der Waals surface area contributed by atoms with Crippen LogP contribution >= 0.6 is 0 Å².